The van der Waals surface area contributed by atoms with Crippen molar-refractivity contribution in [3.63, 3.8) is 0 Å². The van der Waals surface area contributed by atoms with Crippen molar-refractivity contribution < 1.29 is 14.2 Å². The van der Waals surface area contributed by atoms with E-state index in [0.717, 1.165) is 17.0 Å². The van der Waals surface area contributed by atoms with Crippen LogP contribution in [0.1, 0.15) is 13.8 Å². The summed E-state index contributed by atoms with van der Waals surface area (Å²) in [6.07, 6.45) is 1.55. The van der Waals surface area contributed by atoms with Gasteiger partial charge in [0.2, 0.25) is 0 Å². The molecule has 0 saturated carbocycles. The Morgan fingerprint density at radius 3 is 2.52 bits per heavy atom. The Hall–Kier alpha value is -2.08. The smallest absolute Gasteiger partial charge is 0.179 e. The molecule has 0 spiro atoms. The first-order valence-electron chi connectivity index (χ1n) is 6.72. The van der Waals surface area contributed by atoms with Crippen LogP contribution in [0.5, 0.6) is 17.2 Å². The monoisotopic (exact) mass is 306 g/mol. The van der Waals surface area contributed by atoms with Crippen molar-refractivity contribution in [1.29, 1.82) is 0 Å². The standard InChI is InChI=1S/C15H18N2O3S/c1-4-19-11-7-6-10(8-12(11)20-5-2)13-14(18-3)15(21)17-9-16-13/h6-9H,4-5H2,1-3H3,(H,16,17,21). The molecule has 0 bridgehead atoms. The molecule has 112 valence electrons. The molecular formula is C15H18N2O3S. The highest BCUT2D eigenvalue weighted by Crippen LogP contribution is 2.35. The van der Waals surface area contributed by atoms with Gasteiger partial charge in [-0.15, -0.1) is 0 Å². The van der Waals surface area contributed by atoms with E-state index in [0.29, 0.717) is 29.4 Å². The molecular weight excluding hydrogens is 288 g/mol. The minimum Gasteiger partial charge on any atom is -0.491 e. The second kappa shape index (κ2) is 7.08. The van der Waals surface area contributed by atoms with Gasteiger partial charge in [0.25, 0.3) is 0 Å². The van der Waals surface area contributed by atoms with E-state index in [4.69, 9.17) is 26.4 Å². The van der Waals surface area contributed by atoms with Gasteiger partial charge in [0.15, 0.2) is 21.9 Å². The third-order valence-electron chi connectivity index (χ3n) is 2.85. The lowest BCUT2D eigenvalue weighted by Crippen LogP contribution is -1.99. The minimum atomic E-state index is 0.415. The zero-order chi connectivity index (χ0) is 15.2. The predicted molar refractivity (Wildman–Crippen MR) is 83.7 cm³/mol. The molecule has 0 atom stereocenters. The predicted octanol–water partition coefficient (Wildman–Crippen LogP) is 3.61. The number of H-pyrrole nitrogens is 1. The number of nitrogens with one attached hydrogen (secondary N) is 1. The maximum absolute atomic E-state index is 5.63. The van der Waals surface area contributed by atoms with Gasteiger partial charge in [-0.05, 0) is 32.0 Å². The third kappa shape index (κ3) is 3.33. The van der Waals surface area contributed by atoms with E-state index in [2.05, 4.69) is 9.97 Å². The van der Waals surface area contributed by atoms with E-state index in [1.165, 1.54) is 0 Å². The zero-order valence-electron chi connectivity index (χ0n) is 12.3. The molecule has 2 rings (SSSR count). The van der Waals surface area contributed by atoms with E-state index in [1.54, 1.807) is 13.4 Å². The summed E-state index contributed by atoms with van der Waals surface area (Å²) in [6, 6.07) is 5.70. The molecule has 6 heteroatoms. The summed E-state index contributed by atoms with van der Waals surface area (Å²) >= 11 is 5.18. The third-order valence-corrected chi connectivity index (χ3v) is 3.14. The summed E-state index contributed by atoms with van der Waals surface area (Å²) in [4.78, 5) is 7.09. The van der Waals surface area contributed by atoms with Crippen LogP contribution in [0.25, 0.3) is 11.3 Å². The van der Waals surface area contributed by atoms with E-state index in [-0.39, 0.29) is 0 Å². The summed E-state index contributed by atoms with van der Waals surface area (Å²) in [7, 11) is 1.57. The van der Waals surface area contributed by atoms with Crippen molar-refractivity contribution in [2.75, 3.05) is 20.3 Å². The fourth-order valence-electron chi connectivity index (χ4n) is 2.00. The Balaban J connectivity index is 2.52. The fourth-order valence-corrected chi connectivity index (χ4v) is 2.24. The number of ether oxygens (including phenoxy) is 3. The molecule has 0 aliphatic heterocycles. The van der Waals surface area contributed by atoms with Crippen LogP contribution in [-0.2, 0) is 0 Å². The van der Waals surface area contributed by atoms with Gasteiger partial charge < -0.3 is 19.2 Å². The Bertz CT molecular complexity index is 670. The second-order valence-corrected chi connectivity index (χ2v) is 4.53. The number of rotatable bonds is 6. The average molecular weight is 306 g/mol. The van der Waals surface area contributed by atoms with Crippen LogP contribution < -0.4 is 14.2 Å². The van der Waals surface area contributed by atoms with Crippen LogP contribution in [0.3, 0.4) is 0 Å². The van der Waals surface area contributed by atoms with E-state index in [9.17, 15) is 0 Å². The Morgan fingerprint density at radius 2 is 1.86 bits per heavy atom. The lowest BCUT2D eigenvalue weighted by Gasteiger charge is -2.13. The zero-order valence-corrected chi connectivity index (χ0v) is 13.1. The summed E-state index contributed by atoms with van der Waals surface area (Å²) in [6.45, 7) is 5.02. The van der Waals surface area contributed by atoms with Gasteiger partial charge in [-0.3, -0.25) is 0 Å². The van der Waals surface area contributed by atoms with Crippen LogP contribution in [0.2, 0.25) is 0 Å². The number of methoxy groups -OCH3 is 1. The molecule has 0 saturated heterocycles. The van der Waals surface area contributed by atoms with Crippen molar-refractivity contribution in [2.24, 2.45) is 0 Å². The van der Waals surface area contributed by atoms with Crippen LogP contribution in [0.4, 0.5) is 0 Å². The highest BCUT2D eigenvalue weighted by molar-refractivity contribution is 7.71. The summed E-state index contributed by atoms with van der Waals surface area (Å²) in [5.41, 5.74) is 1.66. The van der Waals surface area contributed by atoms with E-state index in [1.807, 2.05) is 32.0 Å². The van der Waals surface area contributed by atoms with E-state index >= 15 is 0 Å². The number of nitrogens with zero attached hydrogens (tertiary/aromatic N) is 1. The topological polar surface area (TPSA) is 56.4 Å². The molecule has 2 aromatic rings. The molecule has 1 aromatic heterocycles. The molecule has 0 fully saturated rings. The summed E-state index contributed by atoms with van der Waals surface area (Å²) in [5.74, 6) is 1.95. The molecule has 0 unspecified atom stereocenters. The molecule has 1 heterocycles. The van der Waals surface area contributed by atoms with E-state index < -0.39 is 0 Å². The molecule has 0 aliphatic rings. The van der Waals surface area contributed by atoms with Crippen molar-refractivity contribution in [3.05, 3.63) is 29.2 Å². The molecule has 1 N–H and O–H groups in total. The maximum Gasteiger partial charge on any atom is 0.179 e. The molecule has 0 radical (unpaired) electrons. The lowest BCUT2D eigenvalue weighted by molar-refractivity contribution is 0.288. The van der Waals surface area contributed by atoms with Crippen LogP contribution >= 0.6 is 12.2 Å². The quantitative estimate of drug-likeness (QED) is 0.826. The van der Waals surface area contributed by atoms with Crippen LogP contribution in [0.15, 0.2) is 24.5 Å². The number of hydrogen-bond donors (Lipinski definition) is 1. The highest BCUT2D eigenvalue weighted by Gasteiger charge is 2.12. The number of hydrogen-bond acceptors (Lipinski definition) is 5. The van der Waals surface area contributed by atoms with Gasteiger partial charge >= 0.3 is 0 Å². The van der Waals surface area contributed by atoms with Gasteiger partial charge in [0.1, 0.15) is 0 Å². The second-order valence-electron chi connectivity index (χ2n) is 4.14. The van der Waals surface area contributed by atoms with Crippen LogP contribution in [-0.4, -0.2) is 30.3 Å². The van der Waals surface area contributed by atoms with Gasteiger partial charge in [0.05, 0.1) is 32.3 Å². The fraction of sp³-hybridized carbons (Fsp3) is 0.333. The highest BCUT2D eigenvalue weighted by atomic mass is 32.1. The number of aromatic nitrogens is 2. The SMILES string of the molecule is CCOc1ccc(-c2[nH]cnc(=S)c2OC)cc1OCC. The van der Waals surface area contributed by atoms with Gasteiger partial charge in [0, 0.05) is 5.56 Å². The maximum atomic E-state index is 5.63. The van der Waals surface area contributed by atoms with Gasteiger partial charge in [-0.1, -0.05) is 12.2 Å². The normalized spacial score (nSPS) is 10.2. The molecule has 5 nitrogen and oxygen atoms in total. The van der Waals surface area contributed by atoms with Gasteiger partial charge in [-0.25, -0.2) is 4.98 Å². The van der Waals surface area contributed by atoms with Crippen molar-refractivity contribution in [3.8, 4) is 28.5 Å². The molecule has 1 aromatic carbocycles. The molecule has 0 amide bonds. The largest absolute Gasteiger partial charge is 0.491 e. The molecule has 21 heavy (non-hydrogen) atoms. The van der Waals surface area contributed by atoms with Crippen molar-refractivity contribution in [2.45, 2.75) is 13.8 Å². The Labute approximate surface area is 128 Å². The Kier molecular flexibility index (Phi) is 5.16. The lowest BCUT2D eigenvalue weighted by atomic mass is 10.1. The van der Waals surface area contributed by atoms with Crippen molar-refractivity contribution >= 4 is 12.2 Å². The number of aromatic amines is 1. The first kappa shape index (κ1) is 15.3. The van der Waals surface area contributed by atoms with Crippen molar-refractivity contribution in [1.82, 2.24) is 9.97 Å². The summed E-state index contributed by atoms with van der Waals surface area (Å²) < 4.78 is 16.9. The summed E-state index contributed by atoms with van der Waals surface area (Å²) in [5, 5.41) is 0. The average Bonchev–Trinajstić information content (AvgIpc) is 2.49. The molecule has 0 aliphatic carbocycles. The first-order valence-corrected chi connectivity index (χ1v) is 7.13. The van der Waals surface area contributed by atoms with Crippen LogP contribution in [0, 0.1) is 4.64 Å². The minimum absolute atomic E-state index is 0.415. The Morgan fingerprint density at radius 1 is 1.14 bits per heavy atom. The number of benzene rings is 1. The van der Waals surface area contributed by atoms with Gasteiger partial charge in [-0.2, -0.15) is 0 Å². The first-order chi connectivity index (χ1) is 10.2.